The Morgan fingerprint density at radius 2 is 1.44 bits per heavy atom. The van der Waals surface area contributed by atoms with E-state index < -0.39 is 5.54 Å². The van der Waals surface area contributed by atoms with E-state index >= 15 is 0 Å². The molecule has 1 aliphatic rings. The highest BCUT2D eigenvalue weighted by molar-refractivity contribution is 6.23. The van der Waals surface area contributed by atoms with Gasteiger partial charge in [0.05, 0.1) is 23.3 Å². The summed E-state index contributed by atoms with van der Waals surface area (Å²) >= 11 is 0. The van der Waals surface area contributed by atoms with Gasteiger partial charge in [-0.15, -0.1) is 0 Å². The van der Waals surface area contributed by atoms with Gasteiger partial charge in [-0.05, 0) is 38.8 Å². The van der Waals surface area contributed by atoms with Crippen LogP contribution in [0.25, 0.3) is 0 Å². The molecule has 0 saturated heterocycles. The monoisotopic (exact) mass is 247 g/mol. The maximum absolute atomic E-state index is 12.4. The third-order valence-electron chi connectivity index (χ3n) is 3.45. The Morgan fingerprint density at radius 1 is 1.06 bits per heavy atom. The third kappa shape index (κ3) is 1.56. The van der Waals surface area contributed by atoms with Gasteiger partial charge >= 0.3 is 0 Å². The topological polar surface area (TPSA) is 57.6 Å². The first-order chi connectivity index (χ1) is 8.31. The van der Waals surface area contributed by atoms with Gasteiger partial charge in [0.15, 0.2) is 0 Å². The highest BCUT2D eigenvalue weighted by atomic mass is 16.3. The van der Waals surface area contributed by atoms with E-state index in [9.17, 15) is 14.7 Å². The molecule has 1 aliphatic heterocycles. The fourth-order valence-electron chi connectivity index (χ4n) is 2.30. The summed E-state index contributed by atoms with van der Waals surface area (Å²) in [6.45, 7) is 6.74. The van der Waals surface area contributed by atoms with Crippen LogP contribution in [-0.4, -0.2) is 34.0 Å². The third-order valence-corrected chi connectivity index (χ3v) is 3.45. The zero-order chi connectivity index (χ0) is 13.7. The molecular weight excluding hydrogens is 230 g/mol. The van der Waals surface area contributed by atoms with E-state index in [4.69, 9.17) is 0 Å². The summed E-state index contributed by atoms with van der Waals surface area (Å²) in [5, 5.41) is 9.36. The second-order valence-corrected chi connectivity index (χ2v) is 5.37. The molecule has 0 spiro atoms. The number of carbonyl (C=O) groups is 2. The molecule has 0 unspecified atom stereocenters. The lowest BCUT2D eigenvalue weighted by molar-refractivity contribution is 0.0353. The van der Waals surface area contributed by atoms with Crippen LogP contribution < -0.4 is 0 Å². The molecule has 0 radical (unpaired) electrons. The number of rotatable bonds is 2. The predicted octanol–water partition coefficient (Wildman–Crippen LogP) is 1.67. The average Bonchev–Trinajstić information content (AvgIpc) is 2.58. The van der Waals surface area contributed by atoms with Gasteiger partial charge in [0, 0.05) is 0 Å². The molecule has 0 saturated carbocycles. The van der Waals surface area contributed by atoms with Crippen LogP contribution in [0.15, 0.2) is 12.1 Å². The van der Waals surface area contributed by atoms with Crippen LogP contribution >= 0.6 is 0 Å². The molecule has 0 atom stereocenters. The van der Waals surface area contributed by atoms with Crippen LogP contribution in [0.2, 0.25) is 0 Å². The lowest BCUT2D eigenvalue weighted by atomic mass is 9.99. The number of aryl methyl sites for hydroxylation is 2. The molecule has 96 valence electrons. The maximum Gasteiger partial charge on any atom is 0.262 e. The molecule has 0 aromatic heterocycles. The number of fused-ring (bicyclic) bond motifs is 1. The zero-order valence-corrected chi connectivity index (χ0v) is 11.1. The number of aliphatic hydroxyl groups is 1. The van der Waals surface area contributed by atoms with Crippen LogP contribution in [0, 0.1) is 13.8 Å². The van der Waals surface area contributed by atoms with Gasteiger partial charge in [-0.3, -0.25) is 14.5 Å². The van der Waals surface area contributed by atoms with Gasteiger partial charge in [0.25, 0.3) is 11.8 Å². The lowest BCUT2D eigenvalue weighted by Gasteiger charge is -2.31. The van der Waals surface area contributed by atoms with Gasteiger partial charge in [-0.1, -0.05) is 12.1 Å². The Morgan fingerprint density at radius 3 is 1.78 bits per heavy atom. The van der Waals surface area contributed by atoms with Gasteiger partial charge in [0.2, 0.25) is 0 Å². The second kappa shape index (κ2) is 3.92. The standard InChI is InChI=1S/C14H17NO3/c1-8-5-6-9(2)11-10(8)12(17)15(13(11)18)14(3,4)7-16/h5-6,16H,7H2,1-4H3. The van der Waals surface area contributed by atoms with E-state index in [0.29, 0.717) is 11.1 Å². The largest absolute Gasteiger partial charge is 0.394 e. The Labute approximate surface area is 106 Å². The summed E-state index contributed by atoms with van der Waals surface area (Å²) in [5.74, 6) is -0.620. The summed E-state index contributed by atoms with van der Waals surface area (Å²) < 4.78 is 0. The zero-order valence-electron chi connectivity index (χ0n) is 11.1. The molecule has 1 heterocycles. The van der Waals surface area contributed by atoms with Crippen molar-refractivity contribution in [3.05, 3.63) is 34.4 Å². The minimum absolute atomic E-state index is 0.253. The van der Waals surface area contributed by atoms with Crippen LogP contribution in [0.5, 0.6) is 0 Å². The van der Waals surface area contributed by atoms with Crippen LogP contribution in [0.3, 0.4) is 0 Å². The van der Waals surface area contributed by atoms with Crippen molar-refractivity contribution in [2.75, 3.05) is 6.61 Å². The quantitative estimate of drug-likeness (QED) is 0.809. The summed E-state index contributed by atoms with van der Waals surface area (Å²) in [7, 11) is 0. The molecule has 0 bridgehead atoms. The molecule has 2 rings (SSSR count). The molecule has 1 aromatic rings. The molecule has 1 aromatic carbocycles. The van der Waals surface area contributed by atoms with E-state index in [1.54, 1.807) is 13.8 Å². The maximum atomic E-state index is 12.4. The van der Waals surface area contributed by atoms with E-state index in [0.717, 1.165) is 16.0 Å². The molecular formula is C14H17NO3. The number of benzene rings is 1. The molecule has 1 N–H and O–H groups in total. The van der Waals surface area contributed by atoms with E-state index in [-0.39, 0.29) is 18.4 Å². The van der Waals surface area contributed by atoms with Crippen molar-refractivity contribution in [3.8, 4) is 0 Å². The van der Waals surface area contributed by atoms with Crippen molar-refractivity contribution in [1.29, 1.82) is 0 Å². The number of amides is 2. The van der Waals surface area contributed by atoms with Crippen LogP contribution in [-0.2, 0) is 0 Å². The molecule has 4 heteroatoms. The van der Waals surface area contributed by atoms with Gasteiger partial charge < -0.3 is 5.11 Å². The van der Waals surface area contributed by atoms with E-state index in [2.05, 4.69) is 0 Å². The predicted molar refractivity (Wildman–Crippen MR) is 67.6 cm³/mol. The van der Waals surface area contributed by atoms with Crippen molar-refractivity contribution in [1.82, 2.24) is 4.90 Å². The van der Waals surface area contributed by atoms with E-state index in [1.807, 2.05) is 26.0 Å². The minimum Gasteiger partial charge on any atom is -0.394 e. The Bertz CT molecular complexity index is 505. The van der Waals surface area contributed by atoms with Gasteiger partial charge in [-0.2, -0.15) is 0 Å². The number of imide groups is 1. The Hall–Kier alpha value is -1.68. The second-order valence-electron chi connectivity index (χ2n) is 5.37. The first-order valence-electron chi connectivity index (χ1n) is 5.91. The number of aliphatic hydroxyl groups excluding tert-OH is 1. The molecule has 18 heavy (non-hydrogen) atoms. The fourth-order valence-corrected chi connectivity index (χ4v) is 2.30. The van der Waals surface area contributed by atoms with Crippen molar-refractivity contribution in [2.45, 2.75) is 33.2 Å². The molecule has 0 aliphatic carbocycles. The number of hydrogen-bond acceptors (Lipinski definition) is 3. The average molecular weight is 247 g/mol. The summed E-state index contributed by atoms with van der Waals surface area (Å²) in [4.78, 5) is 25.9. The first-order valence-corrected chi connectivity index (χ1v) is 5.91. The molecule has 0 fully saturated rings. The summed E-state index contributed by atoms with van der Waals surface area (Å²) in [5.41, 5.74) is 1.66. The number of hydrogen-bond donors (Lipinski definition) is 1. The fraction of sp³-hybridized carbons (Fsp3) is 0.429. The molecule has 2 amide bonds. The van der Waals surface area contributed by atoms with Crippen molar-refractivity contribution in [2.24, 2.45) is 0 Å². The smallest absolute Gasteiger partial charge is 0.262 e. The van der Waals surface area contributed by atoms with Crippen LogP contribution in [0.4, 0.5) is 0 Å². The lowest BCUT2D eigenvalue weighted by Crippen LogP contribution is -2.50. The van der Waals surface area contributed by atoms with Crippen molar-refractivity contribution < 1.29 is 14.7 Å². The molecule has 4 nitrogen and oxygen atoms in total. The van der Waals surface area contributed by atoms with Crippen molar-refractivity contribution in [3.63, 3.8) is 0 Å². The number of nitrogens with zero attached hydrogens (tertiary/aromatic N) is 1. The highest BCUT2D eigenvalue weighted by Crippen LogP contribution is 2.32. The normalized spacial score (nSPS) is 15.3. The number of carbonyl (C=O) groups excluding carboxylic acids is 2. The van der Waals surface area contributed by atoms with Gasteiger partial charge in [0.1, 0.15) is 0 Å². The Kier molecular flexibility index (Phi) is 2.78. The van der Waals surface area contributed by atoms with Crippen molar-refractivity contribution >= 4 is 11.8 Å². The SMILES string of the molecule is Cc1ccc(C)c2c1C(=O)N(C(C)(C)CO)C2=O. The summed E-state index contributed by atoms with van der Waals surface area (Å²) in [6, 6.07) is 3.68. The summed E-state index contributed by atoms with van der Waals surface area (Å²) in [6.07, 6.45) is 0. The van der Waals surface area contributed by atoms with Gasteiger partial charge in [-0.25, -0.2) is 0 Å². The minimum atomic E-state index is -0.883. The van der Waals surface area contributed by atoms with E-state index in [1.165, 1.54) is 0 Å². The first kappa shape index (κ1) is 12.8. The Balaban J connectivity index is 2.65. The highest BCUT2D eigenvalue weighted by Gasteiger charge is 2.45. The van der Waals surface area contributed by atoms with Crippen LogP contribution in [0.1, 0.15) is 45.7 Å².